The standard InChI is InChI=1S/C11H10F2N2O5/c12-6-1-7(13)3-8(2-6)14-11(20)15(4-9(16)17)5-10(18)19/h1-3H,4-5H2,(H,14,20)(H,16,17)(H,18,19). The lowest BCUT2D eigenvalue weighted by Crippen LogP contribution is -2.41. The highest BCUT2D eigenvalue weighted by Crippen LogP contribution is 2.13. The second-order valence-electron chi connectivity index (χ2n) is 3.73. The van der Waals surface area contributed by atoms with Crippen LogP contribution in [-0.4, -0.2) is 46.2 Å². The summed E-state index contributed by atoms with van der Waals surface area (Å²) in [5, 5.41) is 19.1. The van der Waals surface area contributed by atoms with E-state index in [9.17, 15) is 23.2 Å². The number of anilines is 1. The second-order valence-corrected chi connectivity index (χ2v) is 3.73. The number of carbonyl (C=O) groups is 3. The van der Waals surface area contributed by atoms with E-state index in [0.717, 1.165) is 12.1 Å². The average molecular weight is 288 g/mol. The summed E-state index contributed by atoms with van der Waals surface area (Å²) in [6.07, 6.45) is 0. The predicted molar refractivity (Wildman–Crippen MR) is 62.2 cm³/mol. The van der Waals surface area contributed by atoms with Crippen LogP contribution in [-0.2, 0) is 9.59 Å². The molecule has 9 heteroatoms. The SMILES string of the molecule is O=C(O)CN(CC(=O)O)C(=O)Nc1cc(F)cc(F)c1. The van der Waals surface area contributed by atoms with Crippen LogP contribution in [0.15, 0.2) is 18.2 Å². The number of benzene rings is 1. The summed E-state index contributed by atoms with van der Waals surface area (Å²) >= 11 is 0. The quantitative estimate of drug-likeness (QED) is 0.748. The van der Waals surface area contributed by atoms with E-state index in [1.54, 1.807) is 0 Å². The number of rotatable bonds is 5. The zero-order valence-corrected chi connectivity index (χ0v) is 9.97. The molecule has 0 saturated heterocycles. The molecule has 1 aromatic rings. The van der Waals surface area contributed by atoms with Crippen LogP contribution in [0.4, 0.5) is 19.3 Å². The maximum atomic E-state index is 12.9. The highest BCUT2D eigenvalue weighted by Gasteiger charge is 2.20. The van der Waals surface area contributed by atoms with E-state index in [2.05, 4.69) is 0 Å². The molecule has 0 bridgehead atoms. The molecule has 0 atom stereocenters. The average Bonchev–Trinajstić information content (AvgIpc) is 2.24. The number of carboxylic acids is 2. The van der Waals surface area contributed by atoms with E-state index < -0.39 is 42.7 Å². The third kappa shape index (κ3) is 4.88. The van der Waals surface area contributed by atoms with E-state index in [4.69, 9.17) is 10.2 Å². The van der Waals surface area contributed by atoms with Gasteiger partial charge < -0.3 is 20.4 Å². The molecule has 0 spiro atoms. The molecule has 0 radical (unpaired) electrons. The van der Waals surface area contributed by atoms with Gasteiger partial charge in [0, 0.05) is 11.8 Å². The van der Waals surface area contributed by atoms with Gasteiger partial charge in [0.15, 0.2) is 0 Å². The lowest BCUT2D eigenvalue weighted by molar-refractivity contribution is -0.140. The summed E-state index contributed by atoms with van der Waals surface area (Å²) in [6, 6.07) is 1.10. The van der Waals surface area contributed by atoms with Gasteiger partial charge in [-0.3, -0.25) is 9.59 Å². The molecule has 0 aliphatic carbocycles. The molecule has 3 N–H and O–H groups in total. The van der Waals surface area contributed by atoms with Gasteiger partial charge in [-0.15, -0.1) is 0 Å². The van der Waals surface area contributed by atoms with Crippen LogP contribution in [0.3, 0.4) is 0 Å². The molecule has 0 fully saturated rings. The minimum Gasteiger partial charge on any atom is -0.480 e. The van der Waals surface area contributed by atoms with E-state index in [-0.39, 0.29) is 5.69 Å². The highest BCUT2D eigenvalue weighted by molar-refractivity contribution is 5.93. The van der Waals surface area contributed by atoms with Gasteiger partial charge in [-0.2, -0.15) is 0 Å². The van der Waals surface area contributed by atoms with Crippen molar-refractivity contribution in [3.05, 3.63) is 29.8 Å². The first-order valence-electron chi connectivity index (χ1n) is 5.23. The number of carbonyl (C=O) groups excluding carboxylic acids is 1. The van der Waals surface area contributed by atoms with Crippen molar-refractivity contribution in [2.75, 3.05) is 18.4 Å². The lowest BCUT2D eigenvalue weighted by atomic mass is 10.3. The van der Waals surface area contributed by atoms with Crippen LogP contribution in [0.5, 0.6) is 0 Å². The van der Waals surface area contributed by atoms with Gasteiger partial charge in [-0.1, -0.05) is 0 Å². The summed E-state index contributed by atoms with van der Waals surface area (Å²) in [5.74, 6) is -4.73. The molecule has 108 valence electrons. The van der Waals surface area contributed by atoms with Crippen LogP contribution in [0.1, 0.15) is 0 Å². The smallest absolute Gasteiger partial charge is 0.323 e. The number of carboxylic acid groups (broad SMARTS) is 2. The van der Waals surface area contributed by atoms with Gasteiger partial charge in [0.1, 0.15) is 24.7 Å². The number of urea groups is 1. The number of nitrogens with zero attached hydrogens (tertiary/aromatic N) is 1. The summed E-state index contributed by atoms with van der Waals surface area (Å²) in [7, 11) is 0. The first-order valence-corrected chi connectivity index (χ1v) is 5.23. The Bertz CT molecular complexity index is 513. The maximum Gasteiger partial charge on any atom is 0.323 e. The maximum absolute atomic E-state index is 12.9. The molecule has 1 rings (SSSR count). The van der Waals surface area contributed by atoms with E-state index in [1.165, 1.54) is 0 Å². The molecule has 20 heavy (non-hydrogen) atoms. The normalized spacial score (nSPS) is 9.90. The number of hydrogen-bond donors (Lipinski definition) is 3. The second kappa shape index (κ2) is 6.45. The topological polar surface area (TPSA) is 107 Å². The molecule has 0 unspecified atom stereocenters. The number of hydrogen-bond acceptors (Lipinski definition) is 3. The molecule has 0 aromatic heterocycles. The van der Waals surface area contributed by atoms with Gasteiger partial charge in [0.2, 0.25) is 0 Å². The van der Waals surface area contributed by atoms with Crippen molar-refractivity contribution in [1.82, 2.24) is 4.90 Å². The van der Waals surface area contributed by atoms with Crippen molar-refractivity contribution in [3.8, 4) is 0 Å². The van der Waals surface area contributed by atoms with Crippen molar-refractivity contribution in [2.24, 2.45) is 0 Å². The Morgan fingerprint density at radius 2 is 1.45 bits per heavy atom. The van der Waals surface area contributed by atoms with Gasteiger partial charge in [0.05, 0.1) is 0 Å². The van der Waals surface area contributed by atoms with Gasteiger partial charge in [-0.25, -0.2) is 13.6 Å². The Morgan fingerprint density at radius 3 is 1.85 bits per heavy atom. The number of halogens is 2. The third-order valence-corrected chi connectivity index (χ3v) is 2.05. The van der Waals surface area contributed by atoms with Crippen molar-refractivity contribution in [3.63, 3.8) is 0 Å². The molecule has 2 amide bonds. The minimum absolute atomic E-state index is 0.256. The number of aliphatic carboxylic acids is 2. The Hall–Kier alpha value is -2.71. The van der Waals surface area contributed by atoms with Crippen LogP contribution >= 0.6 is 0 Å². The monoisotopic (exact) mass is 288 g/mol. The lowest BCUT2D eigenvalue weighted by Gasteiger charge is -2.19. The number of amides is 2. The Kier molecular flexibility index (Phi) is 4.95. The van der Waals surface area contributed by atoms with Crippen LogP contribution in [0, 0.1) is 11.6 Å². The highest BCUT2D eigenvalue weighted by atomic mass is 19.1. The van der Waals surface area contributed by atoms with Crippen LogP contribution in [0.2, 0.25) is 0 Å². The number of nitrogens with one attached hydrogen (secondary N) is 1. The largest absolute Gasteiger partial charge is 0.480 e. The zero-order valence-electron chi connectivity index (χ0n) is 9.97. The molecule has 0 aliphatic heterocycles. The van der Waals surface area contributed by atoms with E-state index >= 15 is 0 Å². The van der Waals surface area contributed by atoms with E-state index in [0.29, 0.717) is 11.0 Å². The predicted octanol–water partition coefficient (Wildman–Crippen LogP) is 0.968. The first-order chi connectivity index (χ1) is 9.27. The molecule has 7 nitrogen and oxygen atoms in total. The fraction of sp³-hybridized carbons (Fsp3) is 0.182. The Labute approximate surface area is 111 Å². The molecular weight excluding hydrogens is 278 g/mol. The minimum atomic E-state index is -1.42. The van der Waals surface area contributed by atoms with Crippen molar-refractivity contribution < 1.29 is 33.4 Å². The third-order valence-electron chi connectivity index (χ3n) is 2.05. The molecule has 0 aliphatic rings. The summed E-state index contributed by atoms with van der Waals surface area (Å²) in [5.41, 5.74) is -0.256. The van der Waals surface area contributed by atoms with Gasteiger partial charge in [-0.05, 0) is 12.1 Å². The van der Waals surface area contributed by atoms with Crippen molar-refractivity contribution in [1.29, 1.82) is 0 Å². The summed E-state index contributed by atoms with van der Waals surface area (Å²) in [4.78, 5) is 33.2. The molecule has 0 saturated carbocycles. The fourth-order valence-corrected chi connectivity index (χ4v) is 1.35. The van der Waals surface area contributed by atoms with E-state index in [1.807, 2.05) is 5.32 Å². The first kappa shape index (κ1) is 15.3. The Morgan fingerprint density at radius 1 is 1.00 bits per heavy atom. The van der Waals surface area contributed by atoms with Crippen LogP contribution in [0.25, 0.3) is 0 Å². The van der Waals surface area contributed by atoms with Crippen LogP contribution < -0.4 is 5.32 Å². The molecule has 1 aromatic carbocycles. The summed E-state index contributed by atoms with van der Waals surface area (Å²) < 4.78 is 25.8. The van der Waals surface area contributed by atoms with Crippen molar-refractivity contribution in [2.45, 2.75) is 0 Å². The Balaban J connectivity index is 2.83. The van der Waals surface area contributed by atoms with Gasteiger partial charge >= 0.3 is 18.0 Å². The van der Waals surface area contributed by atoms with Crippen molar-refractivity contribution >= 4 is 23.7 Å². The zero-order chi connectivity index (χ0) is 15.3. The molecular formula is C11H10F2N2O5. The molecule has 0 heterocycles. The van der Waals surface area contributed by atoms with Gasteiger partial charge in [0.25, 0.3) is 0 Å². The summed E-state index contributed by atoms with van der Waals surface area (Å²) in [6.45, 7) is -1.73. The fourth-order valence-electron chi connectivity index (χ4n) is 1.35.